The van der Waals surface area contributed by atoms with Crippen LogP contribution in [0.1, 0.15) is 10.4 Å². The van der Waals surface area contributed by atoms with Gasteiger partial charge >= 0.3 is 0 Å². The number of carbonyl (C=O) groups is 2. The number of amides is 1. The second-order valence-corrected chi connectivity index (χ2v) is 6.67. The third-order valence-electron chi connectivity index (χ3n) is 4.36. The van der Waals surface area contributed by atoms with Crippen LogP contribution in [0.2, 0.25) is 0 Å². The Labute approximate surface area is 153 Å². The fraction of sp³-hybridized carbons (Fsp3) is 0.238. The standard InChI is InChI=1S/C21H23N3O2/c1-23(2)19(26)14-24(3)13-18(25)20-16-11-7-8-12-17(16)22-21(20)15-9-5-4-6-10-15/h4-12,22H,13-14H2,1-3H3. The minimum absolute atomic E-state index is 0.00430. The van der Waals surface area contributed by atoms with E-state index in [0.29, 0.717) is 5.56 Å². The van der Waals surface area contributed by atoms with Crippen LogP contribution in [0.5, 0.6) is 0 Å². The van der Waals surface area contributed by atoms with Gasteiger partial charge in [-0.2, -0.15) is 0 Å². The molecule has 3 aromatic rings. The summed E-state index contributed by atoms with van der Waals surface area (Å²) in [6.07, 6.45) is 0. The number of nitrogens with one attached hydrogen (secondary N) is 1. The van der Waals surface area contributed by atoms with Gasteiger partial charge in [-0.15, -0.1) is 0 Å². The van der Waals surface area contributed by atoms with Crippen LogP contribution < -0.4 is 0 Å². The van der Waals surface area contributed by atoms with Crippen LogP contribution in [-0.2, 0) is 4.79 Å². The highest BCUT2D eigenvalue weighted by atomic mass is 16.2. The Hall–Kier alpha value is -2.92. The van der Waals surface area contributed by atoms with E-state index in [0.717, 1.165) is 22.2 Å². The summed E-state index contributed by atoms with van der Waals surface area (Å²) in [6, 6.07) is 17.6. The summed E-state index contributed by atoms with van der Waals surface area (Å²) in [5.41, 5.74) is 3.40. The van der Waals surface area contributed by atoms with Gasteiger partial charge in [0.2, 0.25) is 5.91 Å². The minimum atomic E-state index is -0.0255. The molecule has 1 N–H and O–H groups in total. The number of fused-ring (bicyclic) bond motifs is 1. The third-order valence-corrected chi connectivity index (χ3v) is 4.36. The second-order valence-electron chi connectivity index (χ2n) is 6.67. The molecule has 0 aliphatic rings. The summed E-state index contributed by atoms with van der Waals surface area (Å²) in [7, 11) is 5.21. The van der Waals surface area contributed by atoms with Crippen molar-refractivity contribution in [3.8, 4) is 11.3 Å². The molecule has 1 amide bonds. The van der Waals surface area contributed by atoms with Gasteiger partial charge in [0, 0.05) is 25.0 Å². The Balaban J connectivity index is 1.95. The van der Waals surface area contributed by atoms with Gasteiger partial charge in [-0.05, 0) is 18.7 Å². The molecule has 134 valence electrons. The fourth-order valence-electron chi connectivity index (χ4n) is 3.01. The van der Waals surface area contributed by atoms with Gasteiger partial charge in [0.05, 0.1) is 24.3 Å². The van der Waals surface area contributed by atoms with Crippen molar-refractivity contribution in [1.29, 1.82) is 0 Å². The van der Waals surface area contributed by atoms with Gasteiger partial charge in [-0.1, -0.05) is 48.5 Å². The number of aromatic amines is 1. The van der Waals surface area contributed by atoms with Crippen molar-refractivity contribution < 1.29 is 9.59 Å². The lowest BCUT2D eigenvalue weighted by molar-refractivity contribution is -0.129. The highest BCUT2D eigenvalue weighted by Crippen LogP contribution is 2.30. The molecule has 26 heavy (non-hydrogen) atoms. The number of aromatic nitrogens is 1. The molecule has 1 aromatic heterocycles. The van der Waals surface area contributed by atoms with Gasteiger partial charge in [0.25, 0.3) is 0 Å². The number of rotatable bonds is 6. The molecule has 0 radical (unpaired) electrons. The van der Waals surface area contributed by atoms with E-state index in [-0.39, 0.29) is 24.8 Å². The van der Waals surface area contributed by atoms with Crippen molar-refractivity contribution >= 4 is 22.6 Å². The predicted molar refractivity (Wildman–Crippen MR) is 104 cm³/mol. The maximum Gasteiger partial charge on any atom is 0.236 e. The first kappa shape index (κ1) is 17.9. The van der Waals surface area contributed by atoms with Gasteiger partial charge in [-0.25, -0.2) is 0 Å². The van der Waals surface area contributed by atoms with Crippen LogP contribution in [0, 0.1) is 0 Å². The molecule has 5 heteroatoms. The van der Waals surface area contributed by atoms with Crippen molar-refractivity contribution in [3.63, 3.8) is 0 Å². The Bertz CT molecular complexity index is 929. The first-order chi connectivity index (χ1) is 12.5. The van der Waals surface area contributed by atoms with E-state index in [4.69, 9.17) is 0 Å². The number of nitrogens with zero attached hydrogens (tertiary/aromatic N) is 2. The molecule has 0 saturated carbocycles. The average Bonchev–Trinajstić information content (AvgIpc) is 3.01. The molecule has 1 heterocycles. The number of ketones is 1. The predicted octanol–water partition coefficient (Wildman–Crippen LogP) is 3.04. The lowest BCUT2D eigenvalue weighted by Crippen LogP contribution is -2.37. The maximum atomic E-state index is 13.1. The Morgan fingerprint density at radius 2 is 1.54 bits per heavy atom. The zero-order valence-electron chi connectivity index (χ0n) is 15.3. The van der Waals surface area contributed by atoms with E-state index in [9.17, 15) is 9.59 Å². The Kier molecular flexibility index (Phi) is 5.19. The van der Waals surface area contributed by atoms with Crippen molar-refractivity contribution in [2.75, 3.05) is 34.2 Å². The molecule has 0 spiro atoms. The van der Waals surface area contributed by atoms with Crippen molar-refractivity contribution in [2.45, 2.75) is 0 Å². The fourth-order valence-corrected chi connectivity index (χ4v) is 3.01. The molecule has 0 fully saturated rings. The molecule has 0 saturated heterocycles. The topological polar surface area (TPSA) is 56.4 Å². The summed E-state index contributed by atoms with van der Waals surface area (Å²) in [6.45, 7) is 0.392. The van der Waals surface area contributed by atoms with Crippen LogP contribution in [0.3, 0.4) is 0 Å². The SMILES string of the molecule is CN(CC(=O)c1c(-c2ccccc2)[nH]c2ccccc12)CC(=O)N(C)C. The average molecular weight is 349 g/mol. The van der Waals surface area contributed by atoms with Gasteiger partial charge in [0.1, 0.15) is 0 Å². The van der Waals surface area contributed by atoms with E-state index >= 15 is 0 Å². The molecular weight excluding hydrogens is 326 g/mol. The van der Waals surface area contributed by atoms with E-state index in [2.05, 4.69) is 4.98 Å². The lowest BCUT2D eigenvalue weighted by atomic mass is 10.0. The molecule has 0 aliphatic heterocycles. The number of carbonyl (C=O) groups excluding carboxylic acids is 2. The number of benzene rings is 2. The van der Waals surface area contributed by atoms with Crippen molar-refractivity contribution in [3.05, 3.63) is 60.2 Å². The lowest BCUT2D eigenvalue weighted by Gasteiger charge is -2.18. The summed E-state index contributed by atoms with van der Waals surface area (Å²) in [4.78, 5) is 31.6. The zero-order valence-corrected chi connectivity index (χ0v) is 15.3. The van der Waals surface area contributed by atoms with E-state index in [1.165, 1.54) is 4.90 Å². The number of hydrogen-bond acceptors (Lipinski definition) is 3. The third kappa shape index (κ3) is 3.68. The molecule has 0 aliphatic carbocycles. The molecular formula is C21H23N3O2. The summed E-state index contributed by atoms with van der Waals surface area (Å²) >= 11 is 0. The Morgan fingerprint density at radius 3 is 2.23 bits per heavy atom. The molecule has 0 atom stereocenters. The van der Waals surface area contributed by atoms with Crippen LogP contribution >= 0.6 is 0 Å². The van der Waals surface area contributed by atoms with Gasteiger partial charge < -0.3 is 9.88 Å². The minimum Gasteiger partial charge on any atom is -0.354 e. The van der Waals surface area contributed by atoms with Gasteiger partial charge in [0.15, 0.2) is 5.78 Å². The Morgan fingerprint density at radius 1 is 0.885 bits per heavy atom. The smallest absolute Gasteiger partial charge is 0.236 e. The quantitative estimate of drug-likeness (QED) is 0.696. The largest absolute Gasteiger partial charge is 0.354 e. The second kappa shape index (κ2) is 7.54. The van der Waals surface area contributed by atoms with E-state index in [1.54, 1.807) is 26.0 Å². The summed E-state index contributed by atoms with van der Waals surface area (Å²) < 4.78 is 0. The highest BCUT2D eigenvalue weighted by Gasteiger charge is 2.21. The van der Waals surface area contributed by atoms with E-state index in [1.807, 2.05) is 54.6 Å². The molecule has 0 bridgehead atoms. The highest BCUT2D eigenvalue weighted by molar-refractivity contribution is 6.14. The summed E-state index contributed by atoms with van der Waals surface area (Å²) in [5.74, 6) is -0.0298. The van der Waals surface area contributed by atoms with Crippen LogP contribution in [-0.4, -0.2) is 60.7 Å². The number of para-hydroxylation sites is 1. The number of Topliss-reactive ketones (excluding diaryl/α,β-unsaturated/α-hetero) is 1. The maximum absolute atomic E-state index is 13.1. The monoisotopic (exact) mass is 349 g/mol. The van der Waals surface area contributed by atoms with Crippen molar-refractivity contribution in [2.24, 2.45) is 0 Å². The van der Waals surface area contributed by atoms with E-state index < -0.39 is 0 Å². The molecule has 0 unspecified atom stereocenters. The molecule has 5 nitrogen and oxygen atoms in total. The van der Waals surface area contributed by atoms with Gasteiger partial charge in [-0.3, -0.25) is 14.5 Å². The van der Waals surface area contributed by atoms with Crippen LogP contribution in [0.15, 0.2) is 54.6 Å². The number of hydrogen-bond donors (Lipinski definition) is 1. The first-order valence-electron chi connectivity index (χ1n) is 8.55. The normalized spacial score (nSPS) is 11.1. The van der Waals surface area contributed by atoms with Crippen molar-refractivity contribution in [1.82, 2.24) is 14.8 Å². The summed E-state index contributed by atoms with van der Waals surface area (Å²) in [5, 5.41) is 0.906. The number of H-pyrrole nitrogens is 1. The van der Waals surface area contributed by atoms with Crippen LogP contribution in [0.25, 0.3) is 22.2 Å². The first-order valence-corrected chi connectivity index (χ1v) is 8.55. The molecule has 3 rings (SSSR count). The number of likely N-dealkylation sites (N-methyl/N-ethyl adjacent to an activating group) is 2. The zero-order chi connectivity index (χ0) is 18.7. The molecule has 2 aromatic carbocycles. The van der Waals surface area contributed by atoms with Crippen LogP contribution in [0.4, 0.5) is 0 Å².